The highest BCUT2D eigenvalue weighted by Gasteiger charge is 2.54. The molecule has 0 saturated carbocycles. The lowest BCUT2D eigenvalue weighted by molar-refractivity contribution is -0.228. The number of unbranched alkanes of at least 4 members (excludes halogenated alkanes) is 12. The number of carboxylic acid groups (broad SMARTS) is 1. The molecule has 2 aromatic heterocycles. The van der Waals surface area contributed by atoms with E-state index in [1.807, 2.05) is 4.98 Å². The molecule has 2 saturated heterocycles. The number of carboxylic acids is 1. The van der Waals surface area contributed by atoms with Gasteiger partial charge in [0, 0.05) is 37.7 Å². The number of aliphatic hydroxyl groups is 4. The topological polar surface area (TPSA) is 310 Å². The first kappa shape index (κ1) is 50.5. The van der Waals surface area contributed by atoms with Crippen molar-refractivity contribution < 1.29 is 54.1 Å². The summed E-state index contributed by atoms with van der Waals surface area (Å²) in [6.45, 7) is 2.01. The summed E-state index contributed by atoms with van der Waals surface area (Å²) in [5.74, 6) is -2.37. The van der Waals surface area contributed by atoms with E-state index >= 15 is 0 Å². The van der Waals surface area contributed by atoms with Crippen molar-refractivity contribution in [3.05, 3.63) is 63.2 Å². The van der Waals surface area contributed by atoms with Crippen LogP contribution in [0, 0.1) is 0 Å². The highest BCUT2D eigenvalue weighted by Crippen LogP contribution is 2.34. The molecule has 11 N–H and O–H groups in total. The van der Waals surface area contributed by atoms with Crippen LogP contribution < -0.4 is 32.9 Å². The average Bonchev–Trinajstić information content (AvgIpc) is 3.70. The van der Waals surface area contributed by atoms with Crippen LogP contribution in [0.15, 0.2) is 46.4 Å². The van der Waals surface area contributed by atoms with Gasteiger partial charge in [-0.1, -0.05) is 90.4 Å². The molecule has 2 aliphatic heterocycles. The van der Waals surface area contributed by atoms with Crippen LogP contribution in [0.1, 0.15) is 120 Å². The molecule has 2 aliphatic rings. The molecule has 20 nitrogen and oxygen atoms in total. The van der Waals surface area contributed by atoms with Crippen LogP contribution in [0.25, 0.3) is 0 Å². The van der Waals surface area contributed by atoms with Gasteiger partial charge >= 0.3 is 11.7 Å². The number of H-pyrrole nitrogens is 1. The number of aromatic nitrogens is 3. The zero-order chi connectivity index (χ0) is 45.0. The summed E-state index contributed by atoms with van der Waals surface area (Å²) in [4.78, 5) is 69.5. The minimum atomic E-state index is -1.87. The highest BCUT2D eigenvalue weighted by atomic mass is 16.7. The lowest BCUT2D eigenvalue weighted by Crippen LogP contribution is -2.57. The van der Waals surface area contributed by atoms with Crippen LogP contribution in [0.3, 0.4) is 0 Å². The Bertz CT molecular complexity index is 1770. The van der Waals surface area contributed by atoms with E-state index < -0.39 is 96.4 Å². The van der Waals surface area contributed by atoms with Crippen molar-refractivity contribution in [2.24, 2.45) is 5.73 Å². The Hall–Kier alpha value is -4.12. The summed E-state index contributed by atoms with van der Waals surface area (Å²) in [6, 6.07) is 1.64. The maximum Gasteiger partial charge on any atom is 0.330 e. The average molecular weight is 878 g/mol. The van der Waals surface area contributed by atoms with Crippen molar-refractivity contribution in [2.45, 2.75) is 171 Å². The number of pyridine rings is 1. The molecule has 0 aromatic carbocycles. The molecule has 4 heterocycles. The van der Waals surface area contributed by atoms with Crippen LogP contribution >= 0.6 is 0 Å². The number of nitrogens with one attached hydrogen (secondary N) is 4. The summed E-state index contributed by atoms with van der Waals surface area (Å²) in [5.41, 5.74) is 4.24. The van der Waals surface area contributed by atoms with Crippen molar-refractivity contribution in [3.63, 3.8) is 0 Å². The van der Waals surface area contributed by atoms with E-state index in [2.05, 4.69) is 27.9 Å². The minimum absolute atomic E-state index is 0.0566. The molecule has 2 fully saturated rings. The fraction of sp³-hybridized carbons (Fsp3) is 0.714. The van der Waals surface area contributed by atoms with E-state index in [4.69, 9.17) is 19.9 Å². The number of aromatic amines is 1. The summed E-state index contributed by atoms with van der Waals surface area (Å²) >= 11 is 0. The predicted molar refractivity (Wildman–Crippen MR) is 225 cm³/mol. The predicted octanol–water partition coefficient (Wildman–Crippen LogP) is 0.170. The van der Waals surface area contributed by atoms with Crippen molar-refractivity contribution in [1.29, 1.82) is 0 Å². The largest absolute Gasteiger partial charge is 0.480 e. The Morgan fingerprint density at radius 1 is 0.871 bits per heavy atom. The number of rotatable bonds is 29. The Balaban J connectivity index is 1.34. The number of amides is 2. The van der Waals surface area contributed by atoms with E-state index in [9.17, 15) is 49.5 Å². The maximum absolute atomic E-state index is 13.5. The van der Waals surface area contributed by atoms with Crippen LogP contribution in [0.5, 0.6) is 0 Å². The van der Waals surface area contributed by atoms with Crippen molar-refractivity contribution in [1.82, 2.24) is 30.5 Å². The molecule has 0 radical (unpaired) electrons. The fourth-order valence-corrected chi connectivity index (χ4v) is 7.74. The van der Waals surface area contributed by atoms with Crippen molar-refractivity contribution in [2.75, 3.05) is 19.6 Å². The number of nitrogens with zero attached hydrogens (tertiary/aromatic N) is 2. The zero-order valence-corrected chi connectivity index (χ0v) is 35.5. The Labute approximate surface area is 360 Å². The second kappa shape index (κ2) is 26.5. The molecule has 2 aromatic rings. The van der Waals surface area contributed by atoms with Gasteiger partial charge < -0.3 is 61.4 Å². The Morgan fingerprint density at radius 2 is 1.53 bits per heavy atom. The lowest BCUT2D eigenvalue weighted by Gasteiger charge is -2.33. The van der Waals surface area contributed by atoms with Crippen molar-refractivity contribution in [3.8, 4) is 0 Å². The first-order valence-corrected chi connectivity index (χ1v) is 22.0. The molecule has 4 rings (SSSR count). The summed E-state index contributed by atoms with van der Waals surface area (Å²) in [5, 5.41) is 62.0. The van der Waals surface area contributed by atoms with Gasteiger partial charge in [0.05, 0.1) is 5.56 Å². The molecule has 0 unspecified atom stereocenters. The molecular formula is C42H67N7O13. The van der Waals surface area contributed by atoms with Crippen molar-refractivity contribution >= 4 is 17.8 Å². The molecule has 62 heavy (non-hydrogen) atoms. The third-order valence-corrected chi connectivity index (χ3v) is 11.3. The van der Waals surface area contributed by atoms with E-state index in [1.165, 1.54) is 64.0 Å². The SMILES string of the molecule is CCCCCCCCCCCCCCC[C@H](NC(=O)c1cccnc1)C(=O)NCCCN[C@H](C(=O)O)[C@H](O[C@@H]1O[C@H](CN)[C@@H](O)[C@H]1O)[C@H]1O[C@@H](n2ccc(=O)[nH]c2=O)[C@H](O)[C@@H]1O. The van der Waals surface area contributed by atoms with Gasteiger partial charge in [0.1, 0.15) is 54.8 Å². The third kappa shape index (κ3) is 15.0. The van der Waals surface area contributed by atoms with E-state index in [0.717, 1.165) is 42.5 Å². The fourth-order valence-electron chi connectivity index (χ4n) is 7.74. The van der Waals surface area contributed by atoms with Gasteiger partial charge in [0.15, 0.2) is 12.5 Å². The number of hydrogen-bond acceptors (Lipinski definition) is 15. The number of aliphatic hydroxyl groups excluding tert-OH is 4. The van der Waals surface area contributed by atoms with Crippen LogP contribution in [-0.2, 0) is 23.8 Å². The van der Waals surface area contributed by atoms with E-state index in [1.54, 1.807) is 18.3 Å². The monoisotopic (exact) mass is 877 g/mol. The van der Waals surface area contributed by atoms with Gasteiger partial charge in [-0.3, -0.25) is 33.7 Å². The molecule has 0 bridgehead atoms. The molecule has 2 amide bonds. The molecular weight excluding hydrogens is 810 g/mol. The van der Waals surface area contributed by atoms with Gasteiger partial charge in [-0.15, -0.1) is 0 Å². The number of aliphatic carboxylic acids is 1. The first-order chi connectivity index (χ1) is 29.9. The highest BCUT2D eigenvalue weighted by molar-refractivity contribution is 5.97. The van der Waals surface area contributed by atoms with Gasteiger partial charge in [0.25, 0.3) is 11.5 Å². The molecule has 348 valence electrons. The first-order valence-electron chi connectivity index (χ1n) is 22.0. The number of carbonyl (C=O) groups is 3. The Morgan fingerprint density at radius 3 is 2.11 bits per heavy atom. The third-order valence-electron chi connectivity index (χ3n) is 11.3. The quantitative estimate of drug-likeness (QED) is 0.0487. The maximum atomic E-state index is 13.5. The molecule has 20 heteroatoms. The number of hydrogen-bond donors (Lipinski definition) is 10. The van der Waals surface area contributed by atoms with Crippen LogP contribution in [0.2, 0.25) is 0 Å². The van der Waals surface area contributed by atoms with E-state index in [-0.39, 0.29) is 26.1 Å². The molecule has 11 atom stereocenters. The van der Waals surface area contributed by atoms with E-state index in [0.29, 0.717) is 12.0 Å². The van der Waals surface area contributed by atoms with Gasteiger partial charge in [-0.05, 0) is 31.5 Å². The summed E-state index contributed by atoms with van der Waals surface area (Å²) in [6.07, 6.45) is 5.10. The van der Waals surface area contributed by atoms with Gasteiger partial charge in [0.2, 0.25) is 5.91 Å². The molecule has 0 spiro atoms. The minimum Gasteiger partial charge on any atom is -0.480 e. The summed E-state index contributed by atoms with van der Waals surface area (Å²) in [7, 11) is 0. The zero-order valence-electron chi connectivity index (χ0n) is 35.5. The number of nitrogens with two attached hydrogens (primary N) is 1. The summed E-state index contributed by atoms with van der Waals surface area (Å²) < 4.78 is 18.1. The number of carbonyl (C=O) groups excluding carboxylic acids is 2. The van der Waals surface area contributed by atoms with Crippen LogP contribution in [-0.4, -0.2) is 139 Å². The number of ether oxygens (including phenoxy) is 3. The smallest absolute Gasteiger partial charge is 0.330 e. The van der Waals surface area contributed by atoms with Crippen LogP contribution in [0.4, 0.5) is 0 Å². The van der Waals surface area contributed by atoms with Gasteiger partial charge in [-0.25, -0.2) is 4.79 Å². The second-order valence-corrected chi connectivity index (χ2v) is 16.1. The van der Waals surface area contributed by atoms with Gasteiger partial charge in [-0.2, -0.15) is 0 Å². The normalized spacial score (nSPS) is 25.0. The Kier molecular flexibility index (Phi) is 21.6. The second-order valence-electron chi connectivity index (χ2n) is 16.1. The lowest BCUT2D eigenvalue weighted by atomic mass is 9.98. The standard InChI is InChI=1S/C42H67N7O13/c1-2-3-4-5-6-7-8-9-10-11-12-13-14-18-27(47-37(55)26-17-15-20-44-25-26)38(56)46-22-16-21-45-30(40(57)58)35(62-41-34(54)31(51)28(24-43)60-41)36-32(52)33(53)39(61-36)49-23-19-29(50)48-42(49)59/h15,17,19-20,23,25,27-28,30-36,39,41,45,51-54H,2-14,16,18,21-22,24,43H2,1H3,(H,46,56)(H,47,55)(H,57,58)(H,48,50,59)/t27-,28+,30-,31+,32-,33+,34+,35-,36-,39+,41-/m0/s1. The molecule has 0 aliphatic carbocycles.